The van der Waals surface area contributed by atoms with E-state index < -0.39 is 0 Å². The molecule has 0 aliphatic rings. The van der Waals surface area contributed by atoms with Crippen molar-refractivity contribution in [3.8, 4) is 5.69 Å². The van der Waals surface area contributed by atoms with Crippen LogP contribution in [0.2, 0.25) is 0 Å². The fourth-order valence-corrected chi connectivity index (χ4v) is 3.13. The van der Waals surface area contributed by atoms with E-state index in [9.17, 15) is 5.11 Å². The summed E-state index contributed by atoms with van der Waals surface area (Å²) in [5, 5.41) is 19.9. The lowest BCUT2D eigenvalue weighted by Gasteiger charge is -2.09. The van der Waals surface area contributed by atoms with Crippen molar-refractivity contribution in [2.24, 2.45) is 0 Å². The molecule has 3 aromatic rings. The first-order chi connectivity index (χ1) is 10.7. The number of rotatable bonds is 5. The van der Waals surface area contributed by atoms with Gasteiger partial charge in [-0.2, -0.15) is 0 Å². The zero-order valence-electron chi connectivity index (χ0n) is 12.7. The Morgan fingerprint density at radius 1 is 1.18 bits per heavy atom. The predicted octanol–water partition coefficient (Wildman–Crippen LogP) is 3.54. The Kier molecular flexibility index (Phi) is 4.36. The first-order valence-electron chi connectivity index (χ1n) is 7.36. The van der Waals surface area contributed by atoms with E-state index in [1.807, 2.05) is 10.7 Å². The summed E-state index contributed by atoms with van der Waals surface area (Å²) < 4.78 is 1.83. The van der Waals surface area contributed by atoms with Gasteiger partial charge < -0.3 is 5.11 Å². The molecule has 0 unspecified atom stereocenters. The third-order valence-electron chi connectivity index (χ3n) is 3.72. The quantitative estimate of drug-likeness (QED) is 0.784. The number of hydrogen-bond acceptors (Lipinski definition) is 4. The molecule has 0 atom stereocenters. The van der Waals surface area contributed by atoms with Gasteiger partial charge in [0.25, 0.3) is 0 Å². The standard InChI is InChI=1S/C17H19N3OS/c1-12(2)13-5-7-14(8-6-13)20-17(16(11-21)18-19-20)10-15-4-3-9-22-15/h3-9,12,21H,10-11H2,1-2H3. The molecule has 0 amide bonds. The smallest absolute Gasteiger partial charge is 0.112 e. The highest BCUT2D eigenvalue weighted by atomic mass is 32.1. The van der Waals surface area contributed by atoms with E-state index in [2.05, 4.69) is 59.9 Å². The zero-order chi connectivity index (χ0) is 15.5. The van der Waals surface area contributed by atoms with E-state index in [1.165, 1.54) is 10.4 Å². The van der Waals surface area contributed by atoms with Gasteiger partial charge in [-0.1, -0.05) is 37.3 Å². The highest BCUT2D eigenvalue weighted by Crippen LogP contribution is 2.21. The highest BCUT2D eigenvalue weighted by Gasteiger charge is 2.15. The summed E-state index contributed by atoms with van der Waals surface area (Å²) in [6.07, 6.45) is 0.729. The van der Waals surface area contributed by atoms with Crippen molar-refractivity contribution < 1.29 is 5.11 Å². The maximum absolute atomic E-state index is 9.51. The van der Waals surface area contributed by atoms with Crippen molar-refractivity contribution >= 4 is 11.3 Å². The van der Waals surface area contributed by atoms with Gasteiger partial charge >= 0.3 is 0 Å². The first kappa shape index (κ1) is 14.9. The van der Waals surface area contributed by atoms with Gasteiger partial charge in [-0.25, -0.2) is 4.68 Å². The van der Waals surface area contributed by atoms with Gasteiger partial charge in [0.05, 0.1) is 18.0 Å². The fourth-order valence-electron chi connectivity index (χ4n) is 2.42. The van der Waals surface area contributed by atoms with Crippen LogP contribution < -0.4 is 0 Å². The molecular weight excluding hydrogens is 294 g/mol. The molecule has 3 rings (SSSR count). The molecule has 22 heavy (non-hydrogen) atoms. The van der Waals surface area contributed by atoms with Crippen molar-refractivity contribution in [2.75, 3.05) is 0 Å². The molecule has 2 heterocycles. The Labute approximate surface area is 134 Å². The van der Waals surface area contributed by atoms with Gasteiger partial charge in [-0.3, -0.25) is 0 Å². The SMILES string of the molecule is CC(C)c1ccc(-n2nnc(CO)c2Cc2cccs2)cc1. The van der Waals surface area contributed by atoms with Crippen LogP contribution in [0.15, 0.2) is 41.8 Å². The third kappa shape index (κ3) is 2.96. The minimum Gasteiger partial charge on any atom is -0.390 e. The molecule has 0 radical (unpaired) electrons. The van der Waals surface area contributed by atoms with Crippen molar-refractivity contribution in [2.45, 2.75) is 32.8 Å². The highest BCUT2D eigenvalue weighted by molar-refractivity contribution is 7.09. The average Bonchev–Trinajstić information content (AvgIpc) is 3.17. The average molecular weight is 313 g/mol. The Morgan fingerprint density at radius 2 is 1.95 bits per heavy atom. The van der Waals surface area contributed by atoms with Crippen molar-refractivity contribution in [1.82, 2.24) is 15.0 Å². The third-order valence-corrected chi connectivity index (χ3v) is 4.60. The van der Waals surface area contributed by atoms with Crippen LogP contribution in [0.25, 0.3) is 5.69 Å². The van der Waals surface area contributed by atoms with Crippen LogP contribution in [-0.2, 0) is 13.0 Å². The fraction of sp³-hybridized carbons (Fsp3) is 0.294. The molecule has 0 saturated heterocycles. The summed E-state index contributed by atoms with van der Waals surface area (Å²) in [6, 6.07) is 12.5. The summed E-state index contributed by atoms with van der Waals surface area (Å²) in [6.45, 7) is 4.26. The van der Waals surface area contributed by atoms with Gasteiger partial charge in [0.15, 0.2) is 0 Å². The molecular formula is C17H19N3OS. The normalized spacial score (nSPS) is 11.3. The van der Waals surface area contributed by atoms with Crippen LogP contribution in [0.1, 0.15) is 41.6 Å². The number of benzene rings is 1. The van der Waals surface area contributed by atoms with Gasteiger partial charge in [-0.05, 0) is 35.1 Å². The van der Waals surface area contributed by atoms with Crippen molar-refractivity contribution in [3.63, 3.8) is 0 Å². The number of thiophene rings is 1. The number of hydrogen-bond donors (Lipinski definition) is 1. The Hall–Kier alpha value is -1.98. The molecule has 2 aromatic heterocycles. The predicted molar refractivity (Wildman–Crippen MR) is 88.5 cm³/mol. The second-order valence-electron chi connectivity index (χ2n) is 5.56. The monoisotopic (exact) mass is 313 g/mol. The van der Waals surface area contributed by atoms with Gasteiger partial charge in [0.1, 0.15) is 5.69 Å². The summed E-state index contributed by atoms with van der Waals surface area (Å²) in [4.78, 5) is 1.23. The summed E-state index contributed by atoms with van der Waals surface area (Å²) in [5.41, 5.74) is 3.86. The van der Waals surface area contributed by atoms with Crippen molar-refractivity contribution in [3.05, 3.63) is 63.6 Å². The molecule has 0 aliphatic heterocycles. The maximum Gasteiger partial charge on any atom is 0.112 e. The molecule has 0 fully saturated rings. The zero-order valence-corrected chi connectivity index (χ0v) is 13.5. The number of aromatic nitrogens is 3. The molecule has 0 spiro atoms. The Bertz CT molecular complexity index is 730. The van der Waals surface area contributed by atoms with E-state index in [0.717, 1.165) is 17.8 Å². The summed E-state index contributed by atoms with van der Waals surface area (Å²) in [5.74, 6) is 0.503. The topological polar surface area (TPSA) is 50.9 Å². The number of aliphatic hydroxyl groups excluding tert-OH is 1. The van der Waals surface area contributed by atoms with Crippen LogP contribution in [0.3, 0.4) is 0 Å². The lowest BCUT2D eigenvalue weighted by Crippen LogP contribution is -2.04. The van der Waals surface area contributed by atoms with Crippen LogP contribution in [0, 0.1) is 0 Å². The minimum absolute atomic E-state index is 0.0925. The molecule has 0 bridgehead atoms. The van der Waals surface area contributed by atoms with Gasteiger partial charge in [0, 0.05) is 11.3 Å². The van der Waals surface area contributed by atoms with E-state index in [1.54, 1.807) is 11.3 Å². The van der Waals surface area contributed by atoms with E-state index in [-0.39, 0.29) is 6.61 Å². The van der Waals surface area contributed by atoms with Crippen LogP contribution >= 0.6 is 11.3 Å². The first-order valence-corrected chi connectivity index (χ1v) is 8.24. The maximum atomic E-state index is 9.51. The number of aliphatic hydroxyl groups is 1. The van der Waals surface area contributed by atoms with E-state index in [0.29, 0.717) is 11.6 Å². The second kappa shape index (κ2) is 6.42. The van der Waals surface area contributed by atoms with Crippen LogP contribution in [0.5, 0.6) is 0 Å². The summed E-state index contributed by atoms with van der Waals surface area (Å²) >= 11 is 1.70. The van der Waals surface area contributed by atoms with Crippen LogP contribution in [0.4, 0.5) is 0 Å². The van der Waals surface area contributed by atoms with E-state index in [4.69, 9.17) is 0 Å². The Morgan fingerprint density at radius 3 is 2.55 bits per heavy atom. The summed E-state index contributed by atoms with van der Waals surface area (Å²) in [7, 11) is 0. The molecule has 1 N–H and O–H groups in total. The molecule has 114 valence electrons. The molecule has 4 nitrogen and oxygen atoms in total. The molecule has 1 aromatic carbocycles. The second-order valence-corrected chi connectivity index (χ2v) is 6.59. The molecule has 0 aliphatic carbocycles. The van der Waals surface area contributed by atoms with Gasteiger partial charge in [0.2, 0.25) is 0 Å². The largest absolute Gasteiger partial charge is 0.390 e. The van der Waals surface area contributed by atoms with Crippen molar-refractivity contribution in [1.29, 1.82) is 0 Å². The van der Waals surface area contributed by atoms with Crippen LogP contribution in [-0.4, -0.2) is 20.1 Å². The lowest BCUT2D eigenvalue weighted by atomic mass is 10.0. The van der Waals surface area contributed by atoms with Gasteiger partial charge in [-0.15, -0.1) is 16.4 Å². The lowest BCUT2D eigenvalue weighted by molar-refractivity contribution is 0.275. The molecule has 0 saturated carbocycles. The molecule has 5 heteroatoms. The van der Waals surface area contributed by atoms with E-state index >= 15 is 0 Å². The Balaban J connectivity index is 1.97. The number of nitrogens with zero attached hydrogens (tertiary/aromatic N) is 3. The minimum atomic E-state index is -0.0925.